The van der Waals surface area contributed by atoms with Gasteiger partial charge in [0.25, 0.3) is 5.91 Å². The molecule has 10 heteroatoms. The van der Waals surface area contributed by atoms with E-state index < -0.39 is 11.7 Å². The first-order valence-electron chi connectivity index (χ1n) is 13.2. The van der Waals surface area contributed by atoms with Crippen molar-refractivity contribution in [2.75, 3.05) is 48.8 Å². The van der Waals surface area contributed by atoms with E-state index in [9.17, 15) is 22.8 Å². The zero-order chi connectivity index (χ0) is 29.1. The molecule has 1 aliphatic heterocycles. The number of carbonyl (C=O) groups excluding carboxylic acids is 2. The SMILES string of the molecule is C=CC(=O)Nc1ccc2c(c1)cc(C(=O)Nc1ccc(N3CCN(C)CC3)cc1)n2Cc1ccc(C(F)(F)F)cc1. The first kappa shape index (κ1) is 28.0. The van der Waals surface area contributed by atoms with Crippen LogP contribution in [-0.2, 0) is 17.5 Å². The molecule has 1 saturated heterocycles. The Hall–Kier alpha value is -4.57. The molecule has 1 aromatic heterocycles. The molecular formula is C31H30F3N5O2. The van der Waals surface area contributed by atoms with Crippen LogP contribution in [0.4, 0.5) is 30.2 Å². The summed E-state index contributed by atoms with van der Waals surface area (Å²) in [5, 5.41) is 6.34. The van der Waals surface area contributed by atoms with Gasteiger partial charge in [-0.25, -0.2) is 0 Å². The summed E-state index contributed by atoms with van der Waals surface area (Å²) < 4.78 is 41.0. The van der Waals surface area contributed by atoms with Crippen molar-refractivity contribution in [3.05, 3.63) is 102 Å². The van der Waals surface area contributed by atoms with Crippen molar-refractivity contribution in [3.63, 3.8) is 0 Å². The van der Waals surface area contributed by atoms with Gasteiger partial charge >= 0.3 is 6.18 Å². The van der Waals surface area contributed by atoms with Crippen molar-refractivity contribution >= 4 is 39.8 Å². The maximum absolute atomic E-state index is 13.5. The molecule has 7 nitrogen and oxygen atoms in total. The number of fused-ring (bicyclic) bond motifs is 1. The minimum atomic E-state index is -4.43. The van der Waals surface area contributed by atoms with Crippen LogP contribution in [0, 0.1) is 0 Å². The number of nitrogens with one attached hydrogen (secondary N) is 2. The number of nitrogens with zero attached hydrogens (tertiary/aromatic N) is 3. The van der Waals surface area contributed by atoms with Gasteiger partial charge in [-0.1, -0.05) is 18.7 Å². The normalized spacial score (nSPS) is 14.2. The highest BCUT2D eigenvalue weighted by Crippen LogP contribution is 2.30. The van der Waals surface area contributed by atoms with Gasteiger partial charge in [0, 0.05) is 60.7 Å². The van der Waals surface area contributed by atoms with E-state index in [4.69, 9.17) is 0 Å². The van der Waals surface area contributed by atoms with Crippen LogP contribution in [0.2, 0.25) is 0 Å². The van der Waals surface area contributed by atoms with Crippen LogP contribution in [0.15, 0.2) is 85.5 Å². The molecule has 3 aromatic carbocycles. The highest BCUT2D eigenvalue weighted by Gasteiger charge is 2.30. The van der Waals surface area contributed by atoms with E-state index in [-0.39, 0.29) is 18.4 Å². The Morgan fingerprint density at radius 2 is 1.54 bits per heavy atom. The lowest BCUT2D eigenvalue weighted by Gasteiger charge is -2.34. The van der Waals surface area contributed by atoms with E-state index in [1.165, 1.54) is 12.1 Å². The van der Waals surface area contributed by atoms with Gasteiger partial charge in [0.15, 0.2) is 0 Å². The highest BCUT2D eigenvalue weighted by molar-refractivity contribution is 6.07. The third-order valence-corrected chi connectivity index (χ3v) is 7.20. The standard InChI is InChI=1S/C31H30F3N5O2/c1-3-29(40)35-25-10-13-27-22(18-25)19-28(39(27)20-21-4-6-23(7-5-21)31(32,33)34)30(41)36-24-8-11-26(12-9-24)38-16-14-37(2)15-17-38/h3-13,18-19H,1,14-17,20H2,2H3,(H,35,40)(H,36,41). The molecular weight excluding hydrogens is 531 g/mol. The Labute approximate surface area is 235 Å². The molecule has 0 bridgehead atoms. The molecule has 0 aliphatic carbocycles. The third kappa shape index (κ3) is 6.44. The van der Waals surface area contributed by atoms with Crippen molar-refractivity contribution in [1.29, 1.82) is 0 Å². The smallest absolute Gasteiger partial charge is 0.369 e. The van der Waals surface area contributed by atoms with Crippen LogP contribution in [-0.4, -0.2) is 54.5 Å². The molecule has 0 atom stereocenters. The minimum Gasteiger partial charge on any atom is -0.369 e. The van der Waals surface area contributed by atoms with Gasteiger partial charge in [-0.05, 0) is 79.4 Å². The number of likely N-dealkylation sites (N-methyl/N-ethyl adjacent to an activating group) is 1. The Balaban J connectivity index is 1.43. The third-order valence-electron chi connectivity index (χ3n) is 7.20. The lowest BCUT2D eigenvalue weighted by atomic mass is 10.1. The van der Waals surface area contributed by atoms with Gasteiger partial charge in [-0.3, -0.25) is 9.59 Å². The Morgan fingerprint density at radius 1 is 0.878 bits per heavy atom. The molecule has 1 fully saturated rings. The van der Waals surface area contributed by atoms with Gasteiger partial charge in [-0.15, -0.1) is 0 Å². The maximum atomic E-state index is 13.5. The molecule has 0 saturated carbocycles. The van der Waals surface area contributed by atoms with Crippen LogP contribution in [0.25, 0.3) is 10.9 Å². The summed E-state index contributed by atoms with van der Waals surface area (Å²) in [6.45, 7) is 7.47. The molecule has 5 rings (SSSR count). The van der Waals surface area contributed by atoms with E-state index in [1.807, 2.05) is 24.3 Å². The molecule has 2 N–H and O–H groups in total. The van der Waals surface area contributed by atoms with Gasteiger partial charge in [0.05, 0.1) is 5.56 Å². The summed E-state index contributed by atoms with van der Waals surface area (Å²) in [4.78, 5) is 29.9. The average Bonchev–Trinajstić information content (AvgIpc) is 3.31. The van der Waals surface area contributed by atoms with E-state index >= 15 is 0 Å². The van der Waals surface area contributed by atoms with Crippen molar-refractivity contribution in [3.8, 4) is 0 Å². The monoisotopic (exact) mass is 561 g/mol. The average molecular weight is 562 g/mol. The molecule has 1 aliphatic rings. The first-order chi connectivity index (χ1) is 19.6. The molecule has 2 amide bonds. The van der Waals surface area contributed by atoms with E-state index in [2.05, 4.69) is 34.1 Å². The number of anilines is 3. The number of aromatic nitrogens is 1. The molecule has 0 radical (unpaired) electrons. The molecule has 0 spiro atoms. The summed E-state index contributed by atoms with van der Waals surface area (Å²) in [6, 6.07) is 19.5. The quantitative estimate of drug-likeness (QED) is 0.279. The predicted octanol–water partition coefficient (Wildman–Crippen LogP) is 5.84. The summed E-state index contributed by atoms with van der Waals surface area (Å²) in [5.74, 6) is -0.733. The zero-order valence-corrected chi connectivity index (χ0v) is 22.5. The topological polar surface area (TPSA) is 69.6 Å². The van der Waals surface area contributed by atoms with Crippen LogP contribution in [0.3, 0.4) is 0 Å². The minimum absolute atomic E-state index is 0.172. The molecule has 41 heavy (non-hydrogen) atoms. The summed E-state index contributed by atoms with van der Waals surface area (Å²) in [5.41, 5.74) is 3.12. The Kier molecular flexibility index (Phi) is 7.85. The van der Waals surface area contributed by atoms with Gasteiger partial charge < -0.3 is 25.0 Å². The van der Waals surface area contributed by atoms with E-state index in [1.54, 1.807) is 28.8 Å². The number of benzene rings is 3. The number of alkyl halides is 3. The van der Waals surface area contributed by atoms with E-state index in [0.29, 0.717) is 33.5 Å². The van der Waals surface area contributed by atoms with Gasteiger partial charge in [0.1, 0.15) is 5.69 Å². The van der Waals surface area contributed by atoms with E-state index in [0.717, 1.165) is 50.1 Å². The van der Waals surface area contributed by atoms with Crippen LogP contribution in [0.5, 0.6) is 0 Å². The number of hydrogen-bond donors (Lipinski definition) is 2. The number of piperazine rings is 1. The fourth-order valence-corrected chi connectivity index (χ4v) is 4.90. The molecule has 212 valence electrons. The maximum Gasteiger partial charge on any atom is 0.416 e. The van der Waals surface area contributed by atoms with Crippen LogP contribution >= 0.6 is 0 Å². The van der Waals surface area contributed by atoms with Crippen molar-refractivity contribution < 1.29 is 22.8 Å². The molecule has 2 heterocycles. The predicted molar refractivity (Wildman–Crippen MR) is 155 cm³/mol. The van der Waals surface area contributed by atoms with Gasteiger partial charge in [-0.2, -0.15) is 13.2 Å². The number of rotatable bonds is 7. The van der Waals surface area contributed by atoms with Crippen molar-refractivity contribution in [2.45, 2.75) is 12.7 Å². The lowest BCUT2D eigenvalue weighted by Crippen LogP contribution is -2.44. The summed E-state index contributed by atoms with van der Waals surface area (Å²) in [7, 11) is 2.10. The summed E-state index contributed by atoms with van der Waals surface area (Å²) >= 11 is 0. The second kappa shape index (κ2) is 11.5. The fourth-order valence-electron chi connectivity index (χ4n) is 4.90. The second-order valence-electron chi connectivity index (χ2n) is 10.1. The molecule has 0 unspecified atom stereocenters. The van der Waals surface area contributed by atoms with Crippen LogP contribution < -0.4 is 15.5 Å². The number of amides is 2. The first-order valence-corrected chi connectivity index (χ1v) is 13.2. The number of carbonyl (C=O) groups is 2. The van der Waals surface area contributed by atoms with Gasteiger partial charge in [0.2, 0.25) is 5.91 Å². The Bertz CT molecular complexity index is 1570. The molecule has 4 aromatic rings. The fraction of sp³-hybridized carbons (Fsp3) is 0.226. The summed E-state index contributed by atoms with van der Waals surface area (Å²) in [6.07, 6.45) is -3.27. The number of hydrogen-bond acceptors (Lipinski definition) is 4. The highest BCUT2D eigenvalue weighted by atomic mass is 19.4. The largest absolute Gasteiger partial charge is 0.416 e. The van der Waals surface area contributed by atoms with Crippen molar-refractivity contribution in [1.82, 2.24) is 9.47 Å². The lowest BCUT2D eigenvalue weighted by molar-refractivity contribution is -0.137. The van der Waals surface area contributed by atoms with Crippen LogP contribution in [0.1, 0.15) is 21.6 Å². The number of halogens is 3. The zero-order valence-electron chi connectivity index (χ0n) is 22.5. The Morgan fingerprint density at radius 3 is 2.17 bits per heavy atom. The second-order valence-corrected chi connectivity index (χ2v) is 10.1. The van der Waals surface area contributed by atoms with Crippen molar-refractivity contribution in [2.24, 2.45) is 0 Å².